The quantitative estimate of drug-likeness (QED) is 0.506. The summed E-state index contributed by atoms with van der Waals surface area (Å²) in [6, 6.07) is 17.5. The van der Waals surface area contributed by atoms with E-state index >= 15 is 0 Å². The Morgan fingerprint density at radius 3 is 2.50 bits per heavy atom. The van der Waals surface area contributed by atoms with Crippen LogP contribution < -0.4 is 10.2 Å². The van der Waals surface area contributed by atoms with E-state index in [2.05, 4.69) is 21.9 Å². The molecular weight excluding hydrogens is 376 g/mol. The predicted molar refractivity (Wildman–Crippen MR) is 109 cm³/mol. The van der Waals surface area contributed by atoms with Crippen molar-refractivity contribution in [2.45, 2.75) is 6.54 Å². The van der Waals surface area contributed by atoms with Gasteiger partial charge in [0.15, 0.2) is 0 Å². The topological polar surface area (TPSA) is 75.2 Å². The Kier molecular flexibility index (Phi) is 6.14. The highest BCUT2D eigenvalue weighted by Gasteiger charge is 2.16. The van der Waals surface area contributed by atoms with E-state index in [-0.39, 0.29) is 24.1 Å². The lowest BCUT2D eigenvalue weighted by Gasteiger charge is -2.21. The molecule has 0 fully saturated rings. The average Bonchev–Trinajstić information content (AvgIpc) is 2.72. The van der Waals surface area contributed by atoms with Crippen molar-refractivity contribution in [1.29, 1.82) is 0 Å². The van der Waals surface area contributed by atoms with E-state index in [1.807, 2.05) is 18.2 Å². The number of benzene rings is 1. The lowest BCUT2D eigenvalue weighted by molar-refractivity contribution is -0.114. The summed E-state index contributed by atoms with van der Waals surface area (Å²) in [6.07, 6.45) is 2.67. The molecule has 0 bridgehead atoms. The molecule has 0 saturated heterocycles. The van der Waals surface area contributed by atoms with Gasteiger partial charge in [-0.05, 0) is 42.5 Å². The monoisotopic (exact) mass is 392 g/mol. The highest BCUT2D eigenvalue weighted by Crippen LogP contribution is 2.18. The Morgan fingerprint density at radius 1 is 1.07 bits per heavy atom. The van der Waals surface area contributed by atoms with Crippen LogP contribution in [0.25, 0.3) is 0 Å². The van der Waals surface area contributed by atoms with Crippen molar-refractivity contribution in [2.24, 2.45) is 0 Å². The third-order valence-electron chi connectivity index (χ3n) is 3.86. The van der Waals surface area contributed by atoms with Crippen LogP contribution in [-0.2, 0) is 11.3 Å². The molecule has 0 radical (unpaired) electrons. The van der Waals surface area contributed by atoms with Crippen molar-refractivity contribution in [2.75, 3.05) is 10.2 Å². The molecule has 0 unspecified atom stereocenters. The van der Waals surface area contributed by atoms with Crippen LogP contribution in [0.5, 0.6) is 0 Å². The van der Waals surface area contributed by atoms with Gasteiger partial charge in [0.25, 0.3) is 11.8 Å². The van der Waals surface area contributed by atoms with E-state index in [0.717, 1.165) is 0 Å². The molecule has 140 valence electrons. The zero-order valence-corrected chi connectivity index (χ0v) is 15.6. The lowest BCUT2D eigenvalue weighted by Crippen LogP contribution is -2.29. The smallest absolute Gasteiger partial charge is 0.274 e. The summed E-state index contributed by atoms with van der Waals surface area (Å²) in [5.41, 5.74) is 2.05. The molecule has 0 aliphatic heterocycles. The summed E-state index contributed by atoms with van der Waals surface area (Å²) >= 11 is 5.92. The average molecular weight is 393 g/mol. The van der Waals surface area contributed by atoms with E-state index in [1.54, 1.807) is 42.5 Å². The molecule has 2 amide bonds. The lowest BCUT2D eigenvalue weighted by atomic mass is 10.2. The number of anilines is 2. The van der Waals surface area contributed by atoms with Crippen molar-refractivity contribution in [3.05, 3.63) is 96.1 Å². The van der Waals surface area contributed by atoms with Crippen LogP contribution in [-0.4, -0.2) is 21.8 Å². The first-order valence-corrected chi connectivity index (χ1v) is 8.82. The van der Waals surface area contributed by atoms with Gasteiger partial charge >= 0.3 is 0 Å². The molecular formula is C21H17ClN4O2. The van der Waals surface area contributed by atoms with Gasteiger partial charge in [-0.25, -0.2) is 9.97 Å². The second-order valence-corrected chi connectivity index (χ2v) is 6.19. The van der Waals surface area contributed by atoms with Crippen molar-refractivity contribution >= 4 is 34.8 Å². The Bertz CT molecular complexity index is 991. The largest absolute Gasteiger partial charge is 0.321 e. The zero-order valence-electron chi connectivity index (χ0n) is 14.9. The second kappa shape index (κ2) is 8.92. The van der Waals surface area contributed by atoms with Gasteiger partial charge in [0.2, 0.25) is 0 Å². The number of para-hydroxylation sites is 1. The van der Waals surface area contributed by atoms with Gasteiger partial charge in [0.1, 0.15) is 10.8 Å². The van der Waals surface area contributed by atoms with E-state index in [9.17, 15) is 9.59 Å². The van der Waals surface area contributed by atoms with Crippen molar-refractivity contribution in [3.8, 4) is 0 Å². The Labute approximate surface area is 167 Å². The van der Waals surface area contributed by atoms with Gasteiger partial charge in [0.05, 0.1) is 24.1 Å². The van der Waals surface area contributed by atoms with Crippen LogP contribution >= 0.6 is 11.6 Å². The van der Waals surface area contributed by atoms with E-state index < -0.39 is 0 Å². The fourth-order valence-electron chi connectivity index (χ4n) is 2.50. The standard InChI is InChI=1S/C21H17ClN4O2/c1-2-20(27)26(14-16-9-6-10-19(22)24-16)17-11-12-18(23-13-17)21(28)25-15-7-4-3-5-8-15/h2-13H,1,14H2,(H,25,28). The molecule has 0 aliphatic carbocycles. The molecule has 2 heterocycles. The van der Waals surface area contributed by atoms with Gasteiger partial charge < -0.3 is 10.2 Å². The minimum absolute atomic E-state index is 0.197. The number of nitrogens with zero attached hydrogens (tertiary/aromatic N) is 3. The normalized spacial score (nSPS) is 10.2. The highest BCUT2D eigenvalue weighted by atomic mass is 35.5. The molecule has 1 N–H and O–H groups in total. The number of rotatable bonds is 6. The van der Waals surface area contributed by atoms with E-state index in [0.29, 0.717) is 22.2 Å². The number of halogens is 1. The number of nitrogens with one attached hydrogen (secondary N) is 1. The number of pyridine rings is 2. The SMILES string of the molecule is C=CC(=O)N(Cc1cccc(Cl)n1)c1ccc(C(=O)Nc2ccccc2)nc1. The Balaban J connectivity index is 1.79. The number of aromatic nitrogens is 2. The van der Waals surface area contributed by atoms with Crippen LogP contribution in [0.3, 0.4) is 0 Å². The van der Waals surface area contributed by atoms with Crippen molar-refractivity contribution in [1.82, 2.24) is 9.97 Å². The Morgan fingerprint density at radius 2 is 1.86 bits per heavy atom. The van der Waals surface area contributed by atoms with E-state index in [1.165, 1.54) is 17.2 Å². The zero-order chi connectivity index (χ0) is 19.9. The number of amides is 2. The number of hydrogen-bond acceptors (Lipinski definition) is 4. The summed E-state index contributed by atoms with van der Waals surface area (Å²) in [5.74, 6) is -0.652. The maximum atomic E-state index is 12.3. The number of carbonyl (C=O) groups is 2. The van der Waals surface area contributed by atoms with Crippen LogP contribution in [0, 0.1) is 0 Å². The molecule has 7 heteroatoms. The molecule has 3 aromatic rings. The summed E-state index contributed by atoms with van der Waals surface area (Å²) in [7, 11) is 0. The minimum atomic E-state index is -0.337. The van der Waals surface area contributed by atoms with Crippen molar-refractivity contribution in [3.63, 3.8) is 0 Å². The molecule has 6 nitrogen and oxygen atoms in total. The van der Waals surface area contributed by atoms with Crippen LogP contribution in [0.15, 0.2) is 79.5 Å². The summed E-state index contributed by atoms with van der Waals surface area (Å²) in [5, 5.41) is 3.11. The maximum absolute atomic E-state index is 12.3. The second-order valence-electron chi connectivity index (χ2n) is 5.80. The Hall–Kier alpha value is -3.51. The molecule has 2 aromatic heterocycles. The number of carbonyl (C=O) groups excluding carboxylic acids is 2. The minimum Gasteiger partial charge on any atom is -0.321 e. The van der Waals surface area contributed by atoms with Gasteiger partial charge in [-0.1, -0.05) is 42.4 Å². The number of hydrogen-bond donors (Lipinski definition) is 1. The molecule has 28 heavy (non-hydrogen) atoms. The first-order valence-electron chi connectivity index (χ1n) is 8.44. The molecule has 0 aliphatic rings. The first kappa shape index (κ1) is 19.3. The van der Waals surface area contributed by atoms with Crippen LogP contribution in [0.1, 0.15) is 16.2 Å². The molecule has 0 spiro atoms. The first-order chi connectivity index (χ1) is 13.6. The molecule has 1 aromatic carbocycles. The van der Waals surface area contributed by atoms with Crippen LogP contribution in [0.2, 0.25) is 5.15 Å². The predicted octanol–water partition coefficient (Wildman–Crippen LogP) is 4.10. The highest BCUT2D eigenvalue weighted by molar-refractivity contribution is 6.29. The van der Waals surface area contributed by atoms with Gasteiger partial charge in [-0.2, -0.15) is 0 Å². The summed E-state index contributed by atoms with van der Waals surface area (Å²) in [4.78, 5) is 34.5. The third kappa shape index (κ3) is 4.81. The van der Waals surface area contributed by atoms with E-state index in [4.69, 9.17) is 11.6 Å². The van der Waals surface area contributed by atoms with Gasteiger partial charge in [-0.15, -0.1) is 0 Å². The summed E-state index contributed by atoms with van der Waals surface area (Å²) in [6.45, 7) is 3.73. The fourth-order valence-corrected chi connectivity index (χ4v) is 2.68. The fraction of sp³-hybridized carbons (Fsp3) is 0.0476. The molecule has 0 atom stereocenters. The van der Waals surface area contributed by atoms with Gasteiger partial charge in [-0.3, -0.25) is 9.59 Å². The molecule has 3 rings (SSSR count). The van der Waals surface area contributed by atoms with Crippen LogP contribution in [0.4, 0.5) is 11.4 Å². The maximum Gasteiger partial charge on any atom is 0.274 e. The molecule has 0 saturated carbocycles. The summed E-state index contributed by atoms with van der Waals surface area (Å²) < 4.78 is 0. The third-order valence-corrected chi connectivity index (χ3v) is 4.07. The van der Waals surface area contributed by atoms with Gasteiger partial charge in [0, 0.05) is 5.69 Å². The van der Waals surface area contributed by atoms with Crippen molar-refractivity contribution < 1.29 is 9.59 Å².